The first-order valence-corrected chi connectivity index (χ1v) is 10.3. The third kappa shape index (κ3) is 3.37. The van der Waals surface area contributed by atoms with Crippen molar-refractivity contribution in [3.63, 3.8) is 0 Å². The summed E-state index contributed by atoms with van der Waals surface area (Å²) in [4.78, 5) is 6.65. The molecule has 2 N–H and O–H groups in total. The summed E-state index contributed by atoms with van der Waals surface area (Å²) in [5, 5.41) is 19.7. The SMILES string of the molecule is CC(C)c1ccc([C@](O)(c2cncc(-c3cc(Cl)[nH]n3)c2)C2(C)CN(C)C2)cc1. The number of halogens is 1. The van der Waals surface area contributed by atoms with Crippen LogP contribution in [-0.2, 0) is 5.60 Å². The number of H-pyrrole nitrogens is 1. The third-order valence-electron chi connectivity index (χ3n) is 6.10. The fourth-order valence-electron chi connectivity index (χ4n) is 4.57. The molecular formula is C23H27ClN4O. The molecule has 2 aromatic heterocycles. The van der Waals surface area contributed by atoms with Gasteiger partial charge in [0.15, 0.2) is 0 Å². The van der Waals surface area contributed by atoms with Gasteiger partial charge in [-0.1, -0.05) is 56.6 Å². The summed E-state index contributed by atoms with van der Waals surface area (Å²) in [5.74, 6) is 0.442. The van der Waals surface area contributed by atoms with Crippen molar-refractivity contribution in [2.75, 3.05) is 20.1 Å². The molecule has 152 valence electrons. The number of aromatic amines is 1. The molecule has 0 saturated carbocycles. The maximum absolute atomic E-state index is 12.2. The van der Waals surface area contributed by atoms with Crippen molar-refractivity contribution < 1.29 is 5.11 Å². The quantitative estimate of drug-likeness (QED) is 0.652. The molecule has 6 heteroatoms. The largest absolute Gasteiger partial charge is 0.380 e. The maximum Gasteiger partial charge on any atom is 0.124 e. The van der Waals surface area contributed by atoms with E-state index in [9.17, 15) is 5.11 Å². The van der Waals surface area contributed by atoms with Gasteiger partial charge in [0.2, 0.25) is 0 Å². The van der Waals surface area contributed by atoms with E-state index in [1.807, 2.05) is 6.07 Å². The summed E-state index contributed by atoms with van der Waals surface area (Å²) < 4.78 is 0. The number of aliphatic hydroxyl groups is 1. The van der Waals surface area contributed by atoms with E-state index >= 15 is 0 Å². The highest BCUT2D eigenvalue weighted by molar-refractivity contribution is 6.29. The molecule has 29 heavy (non-hydrogen) atoms. The fraction of sp³-hybridized carbons (Fsp3) is 0.391. The van der Waals surface area contributed by atoms with Gasteiger partial charge in [0.05, 0.1) is 5.69 Å². The third-order valence-corrected chi connectivity index (χ3v) is 6.30. The number of hydrogen-bond acceptors (Lipinski definition) is 4. The van der Waals surface area contributed by atoms with Crippen LogP contribution in [0.4, 0.5) is 0 Å². The average Bonchev–Trinajstić information content (AvgIpc) is 3.13. The average molecular weight is 411 g/mol. The molecule has 0 aliphatic carbocycles. The summed E-state index contributed by atoms with van der Waals surface area (Å²) in [5.41, 5.74) is 2.93. The highest BCUT2D eigenvalue weighted by atomic mass is 35.5. The minimum absolute atomic E-state index is 0.329. The normalized spacial score (nSPS) is 18.4. The zero-order chi connectivity index (χ0) is 20.8. The van der Waals surface area contributed by atoms with Crippen molar-refractivity contribution in [2.24, 2.45) is 5.41 Å². The molecular weight excluding hydrogens is 384 g/mol. The van der Waals surface area contributed by atoms with Crippen LogP contribution in [0.5, 0.6) is 0 Å². The molecule has 1 fully saturated rings. The fourth-order valence-corrected chi connectivity index (χ4v) is 4.72. The molecule has 0 radical (unpaired) electrons. The van der Waals surface area contributed by atoms with E-state index in [-0.39, 0.29) is 5.41 Å². The Labute approximate surface area is 176 Å². The predicted molar refractivity (Wildman–Crippen MR) is 116 cm³/mol. The zero-order valence-corrected chi connectivity index (χ0v) is 18.0. The first-order chi connectivity index (χ1) is 13.7. The highest BCUT2D eigenvalue weighted by Crippen LogP contribution is 2.50. The summed E-state index contributed by atoms with van der Waals surface area (Å²) in [6.07, 6.45) is 3.51. The van der Waals surface area contributed by atoms with Crippen LogP contribution < -0.4 is 0 Å². The predicted octanol–water partition coefficient (Wildman–Crippen LogP) is 4.44. The highest BCUT2D eigenvalue weighted by Gasteiger charge is 2.55. The van der Waals surface area contributed by atoms with E-state index in [1.165, 1.54) is 5.56 Å². The molecule has 0 spiro atoms. The second-order valence-corrected chi connectivity index (χ2v) is 9.19. The van der Waals surface area contributed by atoms with Gasteiger partial charge in [-0.3, -0.25) is 10.1 Å². The number of hydrogen-bond donors (Lipinski definition) is 2. The molecule has 1 saturated heterocycles. The van der Waals surface area contributed by atoms with Crippen molar-refractivity contribution in [3.8, 4) is 11.3 Å². The Balaban J connectivity index is 1.83. The van der Waals surface area contributed by atoms with Crippen LogP contribution in [0.3, 0.4) is 0 Å². The molecule has 1 aliphatic rings. The first kappa shape index (κ1) is 20.1. The van der Waals surface area contributed by atoms with Gasteiger partial charge in [0, 0.05) is 48.1 Å². The summed E-state index contributed by atoms with van der Waals surface area (Å²) in [6.45, 7) is 8.08. The van der Waals surface area contributed by atoms with Crippen LogP contribution in [0.15, 0.2) is 48.8 Å². The molecule has 4 rings (SSSR count). The topological polar surface area (TPSA) is 65.0 Å². The van der Waals surface area contributed by atoms with E-state index < -0.39 is 5.60 Å². The van der Waals surface area contributed by atoms with Gasteiger partial charge in [0.25, 0.3) is 0 Å². The second kappa shape index (κ2) is 7.24. The summed E-state index contributed by atoms with van der Waals surface area (Å²) in [7, 11) is 2.07. The number of benzene rings is 1. The number of nitrogens with one attached hydrogen (secondary N) is 1. The molecule has 0 unspecified atom stereocenters. The van der Waals surface area contributed by atoms with Crippen LogP contribution in [0.1, 0.15) is 43.4 Å². The van der Waals surface area contributed by atoms with Crippen molar-refractivity contribution in [2.45, 2.75) is 32.3 Å². The van der Waals surface area contributed by atoms with Gasteiger partial charge in [-0.25, -0.2) is 0 Å². The van der Waals surface area contributed by atoms with Gasteiger partial charge in [0.1, 0.15) is 10.8 Å². The number of nitrogens with zero attached hydrogens (tertiary/aromatic N) is 3. The van der Waals surface area contributed by atoms with Crippen LogP contribution in [0.2, 0.25) is 5.15 Å². The Morgan fingerprint density at radius 1 is 1.14 bits per heavy atom. The summed E-state index contributed by atoms with van der Waals surface area (Å²) >= 11 is 6.00. The second-order valence-electron chi connectivity index (χ2n) is 8.78. The Morgan fingerprint density at radius 3 is 2.38 bits per heavy atom. The monoisotopic (exact) mass is 410 g/mol. The van der Waals surface area contributed by atoms with Gasteiger partial charge >= 0.3 is 0 Å². The van der Waals surface area contributed by atoms with Crippen molar-refractivity contribution in [1.29, 1.82) is 0 Å². The number of pyridine rings is 1. The zero-order valence-electron chi connectivity index (χ0n) is 17.3. The van der Waals surface area contributed by atoms with Crippen LogP contribution in [-0.4, -0.2) is 45.3 Å². The Kier molecular flexibility index (Phi) is 5.01. The number of likely N-dealkylation sites (tertiary alicyclic amines) is 1. The Morgan fingerprint density at radius 2 is 1.83 bits per heavy atom. The molecule has 0 bridgehead atoms. The Bertz CT molecular complexity index is 1010. The van der Waals surface area contributed by atoms with Crippen LogP contribution in [0.25, 0.3) is 11.3 Å². The first-order valence-electron chi connectivity index (χ1n) is 9.91. The lowest BCUT2D eigenvalue weighted by Crippen LogP contribution is -2.63. The van der Waals surface area contributed by atoms with E-state index in [4.69, 9.17) is 11.6 Å². The summed E-state index contributed by atoms with van der Waals surface area (Å²) in [6, 6.07) is 12.1. The molecule has 1 aliphatic heterocycles. The molecule has 3 heterocycles. The minimum Gasteiger partial charge on any atom is -0.380 e. The van der Waals surface area contributed by atoms with E-state index in [0.717, 1.165) is 29.8 Å². The minimum atomic E-state index is -1.17. The molecule has 1 atom stereocenters. The smallest absolute Gasteiger partial charge is 0.124 e. The molecule has 5 nitrogen and oxygen atoms in total. The molecule has 0 amide bonds. The van der Waals surface area contributed by atoms with E-state index in [0.29, 0.717) is 16.8 Å². The van der Waals surface area contributed by atoms with Gasteiger partial charge in [-0.15, -0.1) is 0 Å². The van der Waals surface area contributed by atoms with E-state index in [1.54, 1.807) is 18.5 Å². The lowest BCUT2D eigenvalue weighted by atomic mass is 9.62. The van der Waals surface area contributed by atoms with Crippen LogP contribution >= 0.6 is 11.6 Å². The van der Waals surface area contributed by atoms with E-state index in [2.05, 4.69) is 72.2 Å². The molecule has 3 aromatic rings. The number of rotatable bonds is 5. The molecule has 1 aromatic carbocycles. The van der Waals surface area contributed by atoms with Gasteiger partial charge in [-0.2, -0.15) is 5.10 Å². The standard InChI is InChI=1S/C23H27ClN4O/c1-15(2)16-5-7-18(8-6-16)23(29,22(3)13-28(4)14-22)19-9-17(11-25-12-19)20-10-21(24)27-26-20/h5-12,15,29H,13-14H2,1-4H3,(H,26,27)/t23-/m0/s1. The lowest BCUT2D eigenvalue weighted by molar-refractivity contribution is -0.127. The van der Waals surface area contributed by atoms with Crippen molar-refractivity contribution in [1.82, 2.24) is 20.1 Å². The van der Waals surface area contributed by atoms with Crippen molar-refractivity contribution >= 4 is 11.6 Å². The Hall–Kier alpha value is -2.21. The van der Waals surface area contributed by atoms with Crippen LogP contribution in [0, 0.1) is 5.41 Å². The van der Waals surface area contributed by atoms with Crippen molar-refractivity contribution in [3.05, 3.63) is 70.6 Å². The number of aromatic nitrogens is 3. The van der Waals surface area contributed by atoms with Gasteiger partial charge < -0.3 is 10.0 Å². The maximum atomic E-state index is 12.2. The van der Waals surface area contributed by atoms with Gasteiger partial charge in [-0.05, 0) is 30.2 Å². The lowest BCUT2D eigenvalue weighted by Gasteiger charge is -2.55.